The summed E-state index contributed by atoms with van der Waals surface area (Å²) in [6.07, 6.45) is 7.18. The Morgan fingerprint density at radius 3 is 2.52 bits per heavy atom. The van der Waals surface area contributed by atoms with Crippen molar-refractivity contribution in [2.24, 2.45) is 0 Å². The molecule has 1 aromatic carbocycles. The van der Waals surface area contributed by atoms with Crippen LogP contribution < -0.4 is 0 Å². The minimum Gasteiger partial charge on any atom is -0.303 e. The number of nitrogens with zero attached hydrogens (tertiary/aromatic N) is 4. The molecule has 0 radical (unpaired) electrons. The average Bonchev–Trinajstić information content (AvgIpc) is 3.34. The first-order valence-electron chi connectivity index (χ1n) is 8.98. The van der Waals surface area contributed by atoms with Gasteiger partial charge in [0.1, 0.15) is 0 Å². The lowest BCUT2D eigenvalue weighted by Crippen LogP contribution is -2.37. The van der Waals surface area contributed by atoms with Gasteiger partial charge in [-0.25, -0.2) is 4.68 Å². The largest absolute Gasteiger partial charge is 0.303 e. The van der Waals surface area contributed by atoms with Gasteiger partial charge < -0.3 is 4.90 Å². The third-order valence-electron chi connectivity index (χ3n) is 5.36. The average molecular weight is 310 g/mol. The number of piperidine rings is 1. The highest BCUT2D eigenvalue weighted by Crippen LogP contribution is 2.39. The van der Waals surface area contributed by atoms with Crippen molar-refractivity contribution < 1.29 is 0 Å². The molecule has 122 valence electrons. The maximum absolute atomic E-state index is 4.38. The molecule has 4 heteroatoms. The van der Waals surface area contributed by atoms with Crippen molar-refractivity contribution >= 4 is 0 Å². The quantitative estimate of drug-likeness (QED) is 0.846. The van der Waals surface area contributed by atoms with Crippen molar-refractivity contribution in [3.05, 3.63) is 47.8 Å². The first-order chi connectivity index (χ1) is 11.3. The van der Waals surface area contributed by atoms with Gasteiger partial charge >= 0.3 is 0 Å². The Hall–Kier alpha value is -1.68. The van der Waals surface area contributed by atoms with Crippen molar-refractivity contribution in [1.29, 1.82) is 0 Å². The lowest BCUT2D eigenvalue weighted by Gasteiger charge is -2.33. The van der Waals surface area contributed by atoms with Gasteiger partial charge in [0.25, 0.3) is 0 Å². The van der Waals surface area contributed by atoms with Gasteiger partial charge in [0, 0.05) is 31.7 Å². The fourth-order valence-electron chi connectivity index (χ4n) is 3.68. The van der Waals surface area contributed by atoms with Gasteiger partial charge in [0.05, 0.1) is 11.7 Å². The molecule has 1 saturated carbocycles. The number of benzene rings is 1. The third-order valence-corrected chi connectivity index (χ3v) is 5.36. The Balaban J connectivity index is 1.30. The van der Waals surface area contributed by atoms with E-state index < -0.39 is 0 Å². The van der Waals surface area contributed by atoms with E-state index in [9.17, 15) is 0 Å². The predicted octanol–water partition coefficient (Wildman–Crippen LogP) is 3.60. The zero-order valence-corrected chi connectivity index (χ0v) is 13.9. The van der Waals surface area contributed by atoms with Gasteiger partial charge in [-0.15, -0.1) is 5.10 Å². The molecule has 0 bridgehead atoms. The summed E-state index contributed by atoms with van der Waals surface area (Å²) in [7, 11) is 0. The maximum atomic E-state index is 4.38. The summed E-state index contributed by atoms with van der Waals surface area (Å²) in [5, 5.41) is 8.74. The summed E-state index contributed by atoms with van der Waals surface area (Å²) in [5.41, 5.74) is 2.66. The van der Waals surface area contributed by atoms with Crippen LogP contribution in [0.1, 0.15) is 61.7 Å². The minimum absolute atomic E-state index is 0.540. The van der Waals surface area contributed by atoms with Gasteiger partial charge in [-0.3, -0.25) is 0 Å². The molecule has 0 amide bonds. The van der Waals surface area contributed by atoms with E-state index >= 15 is 0 Å². The van der Waals surface area contributed by atoms with Crippen LogP contribution in [0.2, 0.25) is 0 Å². The first-order valence-corrected chi connectivity index (χ1v) is 8.98. The van der Waals surface area contributed by atoms with Crippen molar-refractivity contribution in [3.63, 3.8) is 0 Å². The highest BCUT2D eigenvalue weighted by molar-refractivity contribution is 5.19. The zero-order valence-electron chi connectivity index (χ0n) is 13.9. The van der Waals surface area contributed by atoms with E-state index in [4.69, 9.17) is 0 Å². The SMILES string of the molecule is C[C@H](CN1CCC(n2cc(C3CC3)nn2)CC1)c1ccccc1. The molecule has 4 rings (SSSR count). The van der Waals surface area contributed by atoms with Crippen molar-refractivity contribution in [1.82, 2.24) is 19.9 Å². The Morgan fingerprint density at radius 2 is 1.83 bits per heavy atom. The third kappa shape index (κ3) is 3.47. The van der Waals surface area contributed by atoms with Crippen molar-refractivity contribution in [2.45, 2.75) is 50.5 Å². The van der Waals surface area contributed by atoms with Crippen LogP contribution in [0.25, 0.3) is 0 Å². The van der Waals surface area contributed by atoms with Gasteiger partial charge in [-0.2, -0.15) is 0 Å². The molecule has 0 spiro atoms. The van der Waals surface area contributed by atoms with Crippen LogP contribution >= 0.6 is 0 Å². The Morgan fingerprint density at radius 1 is 1.09 bits per heavy atom. The molecule has 0 N–H and O–H groups in total. The predicted molar refractivity (Wildman–Crippen MR) is 91.6 cm³/mol. The molecule has 2 heterocycles. The van der Waals surface area contributed by atoms with E-state index in [1.54, 1.807) is 0 Å². The molecule has 1 aliphatic heterocycles. The number of aromatic nitrogens is 3. The standard InChI is InChI=1S/C19H26N4/c1-15(16-5-3-2-4-6-16)13-22-11-9-18(10-12-22)23-14-19(20-21-23)17-7-8-17/h2-6,14-15,17-18H,7-13H2,1H3/t15-/m1/s1. The van der Waals surface area contributed by atoms with Gasteiger partial charge in [-0.05, 0) is 37.2 Å². The molecule has 2 aromatic rings. The highest BCUT2D eigenvalue weighted by Gasteiger charge is 2.28. The summed E-state index contributed by atoms with van der Waals surface area (Å²) < 4.78 is 2.13. The van der Waals surface area contributed by atoms with Crippen LogP contribution in [0.15, 0.2) is 36.5 Å². The molecule has 23 heavy (non-hydrogen) atoms. The molecule has 2 fully saturated rings. The Kier molecular flexibility index (Phi) is 4.17. The summed E-state index contributed by atoms with van der Waals surface area (Å²) in [6.45, 7) is 5.82. The second kappa shape index (κ2) is 6.44. The summed E-state index contributed by atoms with van der Waals surface area (Å²) >= 11 is 0. The lowest BCUT2D eigenvalue weighted by molar-refractivity contribution is 0.172. The smallest absolute Gasteiger partial charge is 0.0858 e. The molecular weight excluding hydrogens is 284 g/mol. The fraction of sp³-hybridized carbons (Fsp3) is 0.579. The van der Waals surface area contributed by atoms with Gasteiger partial charge in [0.15, 0.2) is 0 Å². The number of hydrogen-bond acceptors (Lipinski definition) is 3. The zero-order chi connectivity index (χ0) is 15.6. The molecule has 2 aliphatic rings. The topological polar surface area (TPSA) is 34.0 Å². The van der Waals surface area contributed by atoms with E-state index in [-0.39, 0.29) is 0 Å². The molecule has 1 saturated heterocycles. The molecule has 4 nitrogen and oxygen atoms in total. The van der Waals surface area contributed by atoms with Gasteiger partial charge in [-0.1, -0.05) is 42.5 Å². The number of hydrogen-bond donors (Lipinski definition) is 0. The van der Waals surface area contributed by atoms with Crippen LogP contribution in [0.3, 0.4) is 0 Å². The fourth-order valence-corrected chi connectivity index (χ4v) is 3.68. The lowest BCUT2D eigenvalue weighted by atomic mass is 9.98. The molecule has 0 unspecified atom stereocenters. The summed E-state index contributed by atoms with van der Waals surface area (Å²) in [4.78, 5) is 2.60. The van der Waals surface area contributed by atoms with Crippen LogP contribution in [0, 0.1) is 0 Å². The van der Waals surface area contributed by atoms with E-state index in [1.807, 2.05) is 0 Å². The van der Waals surface area contributed by atoms with E-state index in [0.29, 0.717) is 17.9 Å². The van der Waals surface area contributed by atoms with E-state index in [1.165, 1.54) is 50.0 Å². The molecule has 1 atom stereocenters. The molecule has 1 aromatic heterocycles. The first kappa shape index (κ1) is 14.9. The van der Waals surface area contributed by atoms with E-state index in [2.05, 4.69) is 63.3 Å². The van der Waals surface area contributed by atoms with Gasteiger partial charge in [0.2, 0.25) is 0 Å². The summed E-state index contributed by atoms with van der Waals surface area (Å²) in [5.74, 6) is 1.30. The van der Waals surface area contributed by atoms with E-state index in [0.717, 1.165) is 6.54 Å². The van der Waals surface area contributed by atoms with Crippen molar-refractivity contribution in [3.8, 4) is 0 Å². The summed E-state index contributed by atoms with van der Waals surface area (Å²) in [6, 6.07) is 11.4. The Bertz CT molecular complexity index is 624. The van der Waals surface area contributed by atoms with Crippen LogP contribution in [-0.4, -0.2) is 39.5 Å². The number of likely N-dealkylation sites (tertiary alicyclic amines) is 1. The second-order valence-corrected chi connectivity index (χ2v) is 7.24. The monoisotopic (exact) mass is 310 g/mol. The molecular formula is C19H26N4. The Labute approximate surface area is 138 Å². The van der Waals surface area contributed by atoms with Crippen LogP contribution in [-0.2, 0) is 0 Å². The van der Waals surface area contributed by atoms with Crippen molar-refractivity contribution in [2.75, 3.05) is 19.6 Å². The minimum atomic E-state index is 0.540. The normalized spacial score (nSPS) is 21.4. The highest BCUT2D eigenvalue weighted by atomic mass is 15.4. The second-order valence-electron chi connectivity index (χ2n) is 7.24. The van der Waals surface area contributed by atoms with Crippen LogP contribution in [0.4, 0.5) is 0 Å². The molecule has 1 aliphatic carbocycles. The maximum Gasteiger partial charge on any atom is 0.0858 e. The van der Waals surface area contributed by atoms with Crippen LogP contribution in [0.5, 0.6) is 0 Å². The number of rotatable bonds is 5.